The SMILES string of the molecule is NC(=O)C(NC1CCOCC1)c1ccccc1. The van der Waals surface area contributed by atoms with Crippen molar-refractivity contribution >= 4 is 5.91 Å². The van der Waals surface area contributed by atoms with Crippen LogP contribution in [0.3, 0.4) is 0 Å². The summed E-state index contributed by atoms with van der Waals surface area (Å²) >= 11 is 0. The van der Waals surface area contributed by atoms with Gasteiger partial charge in [-0.25, -0.2) is 0 Å². The van der Waals surface area contributed by atoms with Gasteiger partial charge >= 0.3 is 0 Å². The summed E-state index contributed by atoms with van der Waals surface area (Å²) in [6.45, 7) is 1.50. The second kappa shape index (κ2) is 5.80. The standard InChI is InChI=1S/C13H18N2O2/c14-13(16)12(10-4-2-1-3-5-10)15-11-6-8-17-9-7-11/h1-5,11-12,15H,6-9H2,(H2,14,16). The number of carbonyl (C=O) groups excluding carboxylic acids is 1. The summed E-state index contributed by atoms with van der Waals surface area (Å²) < 4.78 is 5.29. The summed E-state index contributed by atoms with van der Waals surface area (Å²) in [6.07, 6.45) is 1.85. The Kier molecular flexibility index (Phi) is 4.12. The van der Waals surface area contributed by atoms with Crippen LogP contribution < -0.4 is 11.1 Å². The van der Waals surface area contributed by atoms with Gasteiger partial charge < -0.3 is 10.5 Å². The topological polar surface area (TPSA) is 64.4 Å². The Balaban J connectivity index is 2.05. The van der Waals surface area contributed by atoms with Crippen LogP contribution in [0.4, 0.5) is 0 Å². The summed E-state index contributed by atoms with van der Waals surface area (Å²) in [6, 6.07) is 9.49. The summed E-state index contributed by atoms with van der Waals surface area (Å²) in [5.74, 6) is -0.331. The lowest BCUT2D eigenvalue weighted by molar-refractivity contribution is -0.120. The molecule has 1 aliphatic rings. The van der Waals surface area contributed by atoms with Gasteiger partial charge in [-0.05, 0) is 18.4 Å². The maximum absolute atomic E-state index is 11.5. The van der Waals surface area contributed by atoms with Gasteiger partial charge in [-0.1, -0.05) is 30.3 Å². The lowest BCUT2D eigenvalue weighted by atomic mass is 10.0. The van der Waals surface area contributed by atoms with E-state index >= 15 is 0 Å². The van der Waals surface area contributed by atoms with Gasteiger partial charge in [0.15, 0.2) is 0 Å². The van der Waals surface area contributed by atoms with Crippen LogP contribution in [-0.4, -0.2) is 25.2 Å². The molecule has 92 valence electrons. The number of hydrogen-bond acceptors (Lipinski definition) is 3. The van der Waals surface area contributed by atoms with Crippen molar-refractivity contribution in [2.45, 2.75) is 24.9 Å². The molecule has 1 atom stereocenters. The first kappa shape index (κ1) is 12.1. The predicted octanol–water partition coefficient (Wildman–Crippen LogP) is 0.982. The van der Waals surface area contributed by atoms with Gasteiger partial charge in [0.25, 0.3) is 0 Å². The largest absolute Gasteiger partial charge is 0.381 e. The molecule has 4 heteroatoms. The molecule has 0 saturated carbocycles. The first-order valence-corrected chi connectivity index (χ1v) is 5.95. The van der Waals surface area contributed by atoms with Crippen molar-refractivity contribution in [3.63, 3.8) is 0 Å². The number of nitrogens with two attached hydrogens (primary N) is 1. The molecule has 1 amide bonds. The Labute approximate surface area is 101 Å². The molecule has 1 saturated heterocycles. The Bertz CT molecular complexity index is 361. The molecule has 17 heavy (non-hydrogen) atoms. The molecule has 1 heterocycles. The molecule has 0 aromatic heterocycles. The van der Waals surface area contributed by atoms with E-state index in [1.54, 1.807) is 0 Å². The second-order valence-electron chi connectivity index (χ2n) is 4.30. The van der Waals surface area contributed by atoms with E-state index in [0.717, 1.165) is 31.6 Å². The summed E-state index contributed by atoms with van der Waals surface area (Å²) in [7, 11) is 0. The number of hydrogen-bond donors (Lipinski definition) is 2. The van der Waals surface area contributed by atoms with Crippen LogP contribution in [0.25, 0.3) is 0 Å². The summed E-state index contributed by atoms with van der Waals surface area (Å²) in [5.41, 5.74) is 6.38. The third-order valence-corrected chi connectivity index (χ3v) is 3.04. The van der Waals surface area contributed by atoms with E-state index in [0.29, 0.717) is 6.04 Å². The minimum absolute atomic E-state index is 0.307. The number of amides is 1. The number of ether oxygens (including phenoxy) is 1. The Morgan fingerprint density at radius 2 is 1.94 bits per heavy atom. The quantitative estimate of drug-likeness (QED) is 0.816. The van der Waals surface area contributed by atoms with Gasteiger partial charge in [-0.2, -0.15) is 0 Å². The molecule has 1 aliphatic heterocycles. The van der Waals surface area contributed by atoms with Gasteiger partial charge in [-0.3, -0.25) is 10.1 Å². The van der Waals surface area contributed by atoms with Crippen molar-refractivity contribution in [1.82, 2.24) is 5.32 Å². The average molecular weight is 234 g/mol. The highest BCUT2D eigenvalue weighted by molar-refractivity contribution is 5.81. The van der Waals surface area contributed by atoms with E-state index in [9.17, 15) is 4.79 Å². The second-order valence-corrected chi connectivity index (χ2v) is 4.30. The average Bonchev–Trinajstić information content (AvgIpc) is 2.38. The normalized spacial score (nSPS) is 18.8. The van der Waals surface area contributed by atoms with Gasteiger partial charge in [0, 0.05) is 19.3 Å². The maximum Gasteiger partial charge on any atom is 0.239 e. The van der Waals surface area contributed by atoms with E-state index in [1.807, 2.05) is 30.3 Å². The van der Waals surface area contributed by atoms with E-state index in [4.69, 9.17) is 10.5 Å². The van der Waals surface area contributed by atoms with Crippen LogP contribution in [0, 0.1) is 0 Å². The summed E-state index contributed by atoms with van der Waals surface area (Å²) in [5, 5.41) is 3.32. The van der Waals surface area contributed by atoms with Gasteiger partial charge in [-0.15, -0.1) is 0 Å². The zero-order valence-electron chi connectivity index (χ0n) is 9.76. The van der Waals surface area contributed by atoms with E-state index in [-0.39, 0.29) is 5.91 Å². The molecule has 1 unspecified atom stereocenters. The molecule has 1 aromatic rings. The van der Waals surface area contributed by atoms with E-state index in [2.05, 4.69) is 5.32 Å². The van der Waals surface area contributed by atoms with Crippen LogP contribution in [-0.2, 0) is 9.53 Å². The van der Waals surface area contributed by atoms with Gasteiger partial charge in [0.1, 0.15) is 6.04 Å². The lowest BCUT2D eigenvalue weighted by Crippen LogP contribution is -2.42. The highest BCUT2D eigenvalue weighted by Crippen LogP contribution is 2.16. The fraction of sp³-hybridized carbons (Fsp3) is 0.462. The number of benzene rings is 1. The van der Waals surface area contributed by atoms with Crippen molar-refractivity contribution in [3.05, 3.63) is 35.9 Å². The molecule has 1 aromatic carbocycles. The first-order valence-electron chi connectivity index (χ1n) is 5.95. The molecule has 0 bridgehead atoms. The number of primary amides is 1. The lowest BCUT2D eigenvalue weighted by Gasteiger charge is -2.27. The molecular weight excluding hydrogens is 216 g/mol. The van der Waals surface area contributed by atoms with E-state index < -0.39 is 6.04 Å². The minimum Gasteiger partial charge on any atom is -0.381 e. The first-order chi connectivity index (χ1) is 8.27. The number of rotatable bonds is 4. The van der Waals surface area contributed by atoms with Crippen LogP contribution in [0.15, 0.2) is 30.3 Å². The Morgan fingerprint density at radius 3 is 2.53 bits per heavy atom. The smallest absolute Gasteiger partial charge is 0.239 e. The predicted molar refractivity (Wildman–Crippen MR) is 65.4 cm³/mol. The van der Waals surface area contributed by atoms with Crippen molar-refractivity contribution < 1.29 is 9.53 Å². The fourth-order valence-corrected chi connectivity index (χ4v) is 2.09. The Hall–Kier alpha value is -1.39. The number of nitrogens with one attached hydrogen (secondary N) is 1. The van der Waals surface area contributed by atoms with Gasteiger partial charge in [0.05, 0.1) is 0 Å². The van der Waals surface area contributed by atoms with Crippen LogP contribution in [0.2, 0.25) is 0 Å². The van der Waals surface area contributed by atoms with Crippen LogP contribution >= 0.6 is 0 Å². The maximum atomic E-state index is 11.5. The van der Waals surface area contributed by atoms with E-state index in [1.165, 1.54) is 0 Å². The van der Waals surface area contributed by atoms with Crippen molar-refractivity contribution in [2.24, 2.45) is 5.73 Å². The fourth-order valence-electron chi connectivity index (χ4n) is 2.09. The van der Waals surface area contributed by atoms with Crippen LogP contribution in [0.1, 0.15) is 24.4 Å². The third kappa shape index (κ3) is 3.28. The molecule has 1 fully saturated rings. The zero-order chi connectivity index (χ0) is 12.1. The van der Waals surface area contributed by atoms with Gasteiger partial charge in [0.2, 0.25) is 5.91 Å². The molecule has 3 N–H and O–H groups in total. The molecule has 0 spiro atoms. The van der Waals surface area contributed by atoms with Crippen LogP contribution in [0.5, 0.6) is 0 Å². The highest BCUT2D eigenvalue weighted by atomic mass is 16.5. The highest BCUT2D eigenvalue weighted by Gasteiger charge is 2.22. The van der Waals surface area contributed by atoms with Crippen molar-refractivity contribution in [2.75, 3.05) is 13.2 Å². The Morgan fingerprint density at radius 1 is 1.29 bits per heavy atom. The summed E-state index contributed by atoms with van der Waals surface area (Å²) in [4.78, 5) is 11.5. The molecule has 0 aliphatic carbocycles. The minimum atomic E-state index is -0.403. The molecule has 4 nitrogen and oxygen atoms in total. The monoisotopic (exact) mass is 234 g/mol. The molecular formula is C13H18N2O2. The molecule has 2 rings (SSSR count). The van der Waals surface area contributed by atoms with Crippen molar-refractivity contribution in [3.8, 4) is 0 Å². The third-order valence-electron chi connectivity index (χ3n) is 3.04. The number of carbonyl (C=O) groups is 1. The molecule has 0 radical (unpaired) electrons. The zero-order valence-corrected chi connectivity index (χ0v) is 9.76. The van der Waals surface area contributed by atoms with Crippen molar-refractivity contribution in [1.29, 1.82) is 0 Å².